The molecule has 0 atom stereocenters. The standard InChI is InChI=1S/C16H17BrN2O2/c1-19(10-12-5-7-18-8-6-12)11-14-4-3-13(9-15(14)17)16(20)21-2/h3-9H,10-11H2,1-2H3. The van der Waals surface area contributed by atoms with Crippen molar-refractivity contribution >= 4 is 21.9 Å². The molecule has 110 valence electrons. The Labute approximate surface area is 132 Å². The van der Waals surface area contributed by atoms with Crippen molar-refractivity contribution in [1.82, 2.24) is 9.88 Å². The molecule has 0 radical (unpaired) electrons. The second kappa shape index (κ2) is 7.33. The highest BCUT2D eigenvalue weighted by molar-refractivity contribution is 9.10. The van der Waals surface area contributed by atoms with E-state index in [1.807, 2.05) is 18.2 Å². The fourth-order valence-corrected chi connectivity index (χ4v) is 2.57. The van der Waals surface area contributed by atoms with E-state index in [2.05, 4.69) is 32.9 Å². The normalized spacial score (nSPS) is 10.7. The number of hydrogen-bond donors (Lipinski definition) is 0. The third kappa shape index (κ3) is 4.37. The molecule has 4 nitrogen and oxygen atoms in total. The first-order valence-electron chi connectivity index (χ1n) is 6.54. The van der Waals surface area contributed by atoms with Gasteiger partial charge in [0.25, 0.3) is 0 Å². The molecule has 0 amide bonds. The van der Waals surface area contributed by atoms with E-state index in [1.54, 1.807) is 24.5 Å². The van der Waals surface area contributed by atoms with Gasteiger partial charge in [0.05, 0.1) is 12.7 Å². The number of esters is 1. The van der Waals surface area contributed by atoms with Crippen LogP contribution >= 0.6 is 15.9 Å². The predicted molar refractivity (Wildman–Crippen MR) is 84.9 cm³/mol. The molecular formula is C16H17BrN2O2. The maximum Gasteiger partial charge on any atom is 0.337 e. The molecule has 0 aliphatic carbocycles. The quantitative estimate of drug-likeness (QED) is 0.777. The lowest BCUT2D eigenvalue weighted by Crippen LogP contribution is -2.17. The zero-order valence-corrected chi connectivity index (χ0v) is 13.6. The summed E-state index contributed by atoms with van der Waals surface area (Å²) in [6.45, 7) is 1.62. The van der Waals surface area contributed by atoms with Crippen molar-refractivity contribution in [1.29, 1.82) is 0 Å². The minimum atomic E-state index is -0.326. The van der Waals surface area contributed by atoms with Gasteiger partial charge in [-0.2, -0.15) is 0 Å². The number of carbonyl (C=O) groups excluding carboxylic acids is 1. The average Bonchev–Trinajstić information content (AvgIpc) is 2.49. The largest absolute Gasteiger partial charge is 0.465 e. The predicted octanol–water partition coefficient (Wildman–Crippen LogP) is 3.26. The van der Waals surface area contributed by atoms with Crippen LogP contribution in [0.2, 0.25) is 0 Å². The number of rotatable bonds is 5. The van der Waals surface area contributed by atoms with Crippen molar-refractivity contribution < 1.29 is 9.53 Å². The third-order valence-electron chi connectivity index (χ3n) is 3.12. The second-order valence-corrected chi connectivity index (χ2v) is 5.68. The molecule has 0 saturated carbocycles. The number of nitrogens with zero attached hydrogens (tertiary/aromatic N) is 2. The molecule has 0 aliphatic heterocycles. The minimum absolute atomic E-state index is 0.326. The Balaban J connectivity index is 2.04. The average molecular weight is 349 g/mol. The van der Waals surface area contributed by atoms with Gasteiger partial charge in [-0.05, 0) is 42.4 Å². The number of halogens is 1. The van der Waals surface area contributed by atoms with Gasteiger partial charge in [-0.25, -0.2) is 4.79 Å². The van der Waals surface area contributed by atoms with Crippen molar-refractivity contribution in [2.24, 2.45) is 0 Å². The van der Waals surface area contributed by atoms with E-state index in [0.29, 0.717) is 5.56 Å². The highest BCUT2D eigenvalue weighted by atomic mass is 79.9. The number of hydrogen-bond acceptors (Lipinski definition) is 4. The number of carbonyl (C=O) groups is 1. The van der Waals surface area contributed by atoms with Crippen LogP contribution in [-0.4, -0.2) is 30.0 Å². The summed E-state index contributed by atoms with van der Waals surface area (Å²) in [6, 6.07) is 9.53. The Morgan fingerprint density at radius 3 is 2.57 bits per heavy atom. The number of aromatic nitrogens is 1. The monoisotopic (exact) mass is 348 g/mol. The van der Waals surface area contributed by atoms with Gasteiger partial charge in [0, 0.05) is 30.0 Å². The number of benzene rings is 1. The van der Waals surface area contributed by atoms with E-state index in [1.165, 1.54) is 12.7 Å². The summed E-state index contributed by atoms with van der Waals surface area (Å²) in [6.07, 6.45) is 3.59. The molecule has 0 N–H and O–H groups in total. The van der Waals surface area contributed by atoms with Gasteiger partial charge < -0.3 is 4.74 Å². The molecule has 0 aliphatic rings. The van der Waals surface area contributed by atoms with E-state index in [-0.39, 0.29) is 5.97 Å². The molecule has 0 fully saturated rings. The lowest BCUT2D eigenvalue weighted by molar-refractivity contribution is 0.0600. The first-order chi connectivity index (χ1) is 10.1. The van der Waals surface area contributed by atoms with Crippen LogP contribution < -0.4 is 0 Å². The first-order valence-corrected chi connectivity index (χ1v) is 7.33. The Hall–Kier alpha value is -1.72. The summed E-state index contributed by atoms with van der Waals surface area (Å²) in [5.74, 6) is -0.326. The van der Waals surface area contributed by atoms with Crippen molar-refractivity contribution in [2.75, 3.05) is 14.2 Å². The maximum atomic E-state index is 11.5. The molecule has 1 aromatic heterocycles. The Kier molecular flexibility index (Phi) is 5.47. The lowest BCUT2D eigenvalue weighted by atomic mass is 10.1. The van der Waals surface area contributed by atoms with Crippen LogP contribution in [0.1, 0.15) is 21.5 Å². The van der Waals surface area contributed by atoms with Gasteiger partial charge in [-0.1, -0.05) is 22.0 Å². The summed E-state index contributed by atoms with van der Waals surface area (Å²) in [7, 11) is 3.44. The maximum absolute atomic E-state index is 11.5. The molecule has 0 spiro atoms. The molecule has 0 bridgehead atoms. The molecule has 0 unspecified atom stereocenters. The number of methoxy groups -OCH3 is 1. The van der Waals surface area contributed by atoms with Gasteiger partial charge >= 0.3 is 5.97 Å². The fourth-order valence-electron chi connectivity index (χ4n) is 2.07. The smallest absolute Gasteiger partial charge is 0.337 e. The lowest BCUT2D eigenvalue weighted by Gasteiger charge is -2.18. The van der Waals surface area contributed by atoms with Crippen LogP contribution in [0.3, 0.4) is 0 Å². The summed E-state index contributed by atoms with van der Waals surface area (Å²) in [5, 5.41) is 0. The number of pyridine rings is 1. The van der Waals surface area contributed by atoms with E-state index < -0.39 is 0 Å². The van der Waals surface area contributed by atoms with Crippen LogP contribution in [0.25, 0.3) is 0 Å². The van der Waals surface area contributed by atoms with Crippen LogP contribution in [-0.2, 0) is 17.8 Å². The van der Waals surface area contributed by atoms with Crippen LogP contribution in [0, 0.1) is 0 Å². The molecule has 1 aromatic carbocycles. The topological polar surface area (TPSA) is 42.4 Å². The molecule has 2 rings (SSSR count). The van der Waals surface area contributed by atoms with E-state index >= 15 is 0 Å². The molecular weight excluding hydrogens is 332 g/mol. The van der Waals surface area contributed by atoms with E-state index in [0.717, 1.165) is 23.1 Å². The molecule has 1 heterocycles. The first kappa shape index (κ1) is 15.7. The second-order valence-electron chi connectivity index (χ2n) is 4.83. The summed E-state index contributed by atoms with van der Waals surface area (Å²) >= 11 is 3.51. The summed E-state index contributed by atoms with van der Waals surface area (Å²) in [5.41, 5.74) is 2.89. The SMILES string of the molecule is COC(=O)c1ccc(CN(C)Cc2ccncc2)c(Br)c1. The summed E-state index contributed by atoms with van der Waals surface area (Å²) in [4.78, 5) is 17.7. The molecule has 2 aromatic rings. The van der Waals surface area contributed by atoms with E-state index in [4.69, 9.17) is 4.74 Å². The molecule has 0 saturated heterocycles. The third-order valence-corrected chi connectivity index (χ3v) is 3.85. The van der Waals surface area contributed by atoms with Gasteiger partial charge in [0.15, 0.2) is 0 Å². The van der Waals surface area contributed by atoms with Gasteiger partial charge in [-0.15, -0.1) is 0 Å². The molecule has 5 heteroatoms. The Bertz CT molecular complexity index is 617. The van der Waals surface area contributed by atoms with Crippen molar-refractivity contribution in [3.63, 3.8) is 0 Å². The van der Waals surface area contributed by atoms with Gasteiger partial charge in [0.2, 0.25) is 0 Å². The Morgan fingerprint density at radius 2 is 1.95 bits per heavy atom. The molecule has 21 heavy (non-hydrogen) atoms. The van der Waals surface area contributed by atoms with E-state index in [9.17, 15) is 4.79 Å². The summed E-state index contributed by atoms with van der Waals surface area (Å²) < 4.78 is 5.62. The van der Waals surface area contributed by atoms with Crippen molar-refractivity contribution in [3.8, 4) is 0 Å². The zero-order chi connectivity index (χ0) is 15.2. The van der Waals surface area contributed by atoms with Crippen molar-refractivity contribution in [2.45, 2.75) is 13.1 Å². The Morgan fingerprint density at radius 1 is 1.24 bits per heavy atom. The number of ether oxygens (including phenoxy) is 1. The van der Waals surface area contributed by atoms with Crippen LogP contribution in [0.5, 0.6) is 0 Å². The highest BCUT2D eigenvalue weighted by Gasteiger charge is 2.10. The van der Waals surface area contributed by atoms with Gasteiger partial charge in [0.1, 0.15) is 0 Å². The highest BCUT2D eigenvalue weighted by Crippen LogP contribution is 2.21. The zero-order valence-electron chi connectivity index (χ0n) is 12.0. The van der Waals surface area contributed by atoms with Crippen LogP contribution in [0.4, 0.5) is 0 Å². The fraction of sp³-hybridized carbons (Fsp3) is 0.250. The van der Waals surface area contributed by atoms with Crippen LogP contribution in [0.15, 0.2) is 47.2 Å². The van der Waals surface area contributed by atoms with Gasteiger partial charge in [-0.3, -0.25) is 9.88 Å². The van der Waals surface area contributed by atoms with Crippen molar-refractivity contribution in [3.05, 3.63) is 63.9 Å². The minimum Gasteiger partial charge on any atom is -0.465 e.